The van der Waals surface area contributed by atoms with Crippen LogP contribution in [0.2, 0.25) is 6.32 Å². The van der Waals surface area contributed by atoms with E-state index in [0.29, 0.717) is 5.92 Å². The van der Waals surface area contributed by atoms with Crippen LogP contribution in [-0.4, -0.2) is 12.8 Å². The van der Waals surface area contributed by atoms with Gasteiger partial charge in [0.25, 0.3) is 0 Å². The second-order valence-corrected chi connectivity index (χ2v) is 6.22. The van der Waals surface area contributed by atoms with Gasteiger partial charge < -0.3 is 4.98 Å². The first kappa shape index (κ1) is 15.6. The molecule has 0 aliphatic rings. The number of aromatic nitrogens is 1. The number of aromatic amines is 1. The van der Waals surface area contributed by atoms with Gasteiger partial charge in [-0.25, -0.2) is 0 Å². The highest BCUT2D eigenvalue weighted by Crippen LogP contribution is 2.28. The van der Waals surface area contributed by atoms with E-state index in [1.807, 2.05) is 12.1 Å². The van der Waals surface area contributed by atoms with Crippen LogP contribution >= 0.6 is 0 Å². The Balaban J connectivity index is 2.00. The van der Waals surface area contributed by atoms with Gasteiger partial charge >= 0.3 is 0 Å². The van der Waals surface area contributed by atoms with E-state index in [0.717, 1.165) is 24.7 Å². The Morgan fingerprint density at radius 1 is 1.00 bits per heavy atom. The Labute approximate surface area is 138 Å². The van der Waals surface area contributed by atoms with E-state index in [1.165, 1.54) is 22.1 Å². The number of fused-ring (bicyclic) bond motifs is 1. The molecule has 3 rings (SSSR count). The van der Waals surface area contributed by atoms with E-state index in [1.54, 1.807) is 6.07 Å². The molecule has 3 heteroatoms. The molecule has 3 aromatic rings. The summed E-state index contributed by atoms with van der Waals surface area (Å²) in [5.74, 6) is 0.492. The van der Waals surface area contributed by atoms with Crippen LogP contribution in [0.15, 0.2) is 59.4 Å². The molecule has 1 heterocycles. The number of rotatable bonds is 5. The van der Waals surface area contributed by atoms with Crippen LogP contribution in [0.1, 0.15) is 29.5 Å². The van der Waals surface area contributed by atoms with E-state index in [9.17, 15) is 4.79 Å². The number of pyridine rings is 1. The molecule has 0 unspecified atom stereocenters. The van der Waals surface area contributed by atoms with Crippen LogP contribution < -0.4 is 5.56 Å². The third-order valence-corrected chi connectivity index (χ3v) is 4.68. The summed E-state index contributed by atoms with van der Waals surface area (Å²) in [6, 6.07) is 18.5. The summed E-state index contributed by atoms with van der Waals surface area (Å²) in [7, 11) is 2.20. The summed E-state index contributed by atoms with van der Waals surface area (Å²) in [4.78, 5) is 14.9. The first-order chi connectivity index (χ1) is 11.2. The van der Waals surface area contributed by atoms with Crippen molar-refractivity contribution in [3.8, 4) is 0 Å². The number of hydrogen-bond donors (Lipinski definition) is 1. The predicted molar refractivity (Wildman–Crippen MR) is 100 cm³/mol. The Morgan fingerprint density at radius 3 is 2.52 bits per heavy atom. The average molecular weight is 303 g/mol. The number of H-pyrrole nitrogens is 1. The number of aryl methyl sites for hydroxylation is 2. The number of nitrogens with one attached hydrogen (secondary N) is 1. The van der Waals surface area contributed by atoms with Gasteiger partial charge in [-0.2, -0.15) is 0 Å². The van der Waals surface area contributed by atoms with Crippen molar-refractivity contribution >= 4 is 18.7 Å². The minimum atomic E-state index is -0.0280. The van der Waals surface area contributed by atoms with Crippen molar-refractivity contribution in [3.05, 3.63) is 81.6 Å². The second-order valence-electron chi connectivity index (χ2n) is 6.22. The smallest absolute Gasteiger partial charge is 0.248 e. The minimum Gasteiger partial charge on any atom is -0.322 e. The lowest BCUT2D eigenvalue weighted by Gasteiger charge is -2.15. The zero-order valence-electron chi connectivity index (χ0n) is 13.8. The van der Waals surface area contributed by atoms with Crippen molar-refractivity contribution in [1.82, 2.24) is 4.98 Å². The normalized spacial score (nSPS) is 12.4. The van der Waals surface area contributed by atoms with Crippen LogP contribution in [0.4, 0.5) is 0 Å². The molecule has 1 aromatic heterocycles. The lowest BCUT2D eigenvalue weighted by atomic mass is 9.84. The highest BCUT2D eigenvalue weighted by molar-refractivity contribution is 6.09. The Kier molecular flexibility index (Phi) is 4.66. The molecule has 2 nitrogen and oxygen atoms in total. The Morgan fingerprint density at radius 2 is 1.78 bits per heavy atom. The van der Waals surface area contributed by atoms with Crippen molar-refractivity contribution in [3.63, 3.8) is 0 Å². The fraction of sp³-hybridized carbons (Fsp3) is 0.250. The van der Waals surface area contributed by atoms with E-state index in [-0.39, 0.29) is 5.56 Å². The van der Waals surface area contributed by atoms with E-state index >= 15 is 0 Å². The largest absolute Gasteiger partial charge is 0.322 e. The van der Waals surface area contributed by atoms with E-state index < -0.39 is 0 Å². The molecule has 116 valence electrons. The molecule has 23 heavy (non-hydrogen) atoms. The summed E-state index contributed by atoms with van der Waals surface area (Å²) in [6.07, 6.45) is 3.01. The topological polar surface area (TPSA) is 32.9 Å². The lowest BCUT2D eigenvalue weighted by molar-refractivity contribution is 0.870. The summed E-state index contributed by atoms with van der Waals surface area (Å²) in [5, 5.41) is 1.18. The summed E-state index contributed by atoms with van der Waals surface area (Å²) in [6.45, 7) is 2.24. The monoisotopic (exact) mass is 303 g/mol. The zero-order valence-corrected chi connectivity index (χ0v) is 13.8. The van der Waals surface area contributed by atoms with E-state index in [4.69, 9.17) is 0 Å². The maximum Gasteiger partial charge on any atom is 0.248 e. The highest BCUT2D eigenvalue weighted by Gasteiger charge is 2.11. The summed E-state index contributed by atoms with van der Waals surface area (Å²) >= 11 is 0. The van der Waals surface area contributed by atoms with Gasteiger partial charge in [-0.05, 0) is 41.5 Å². The van der Waals surface area contributed by atoms with Gasteiger partial charge in [-0.15, -0.1) is 0 Å². The molecule has 0 aliphatic carbocycles. The Hall–Kier alpha value is -2.29. The fourth-order valence-corrected chi connectivity index (χ4v) is 3.11. The first-order valence-electron chi connectivity index (χ1n) is 8.37. The molecular formula is C20H22BNO. The molecule has 0 aliphatic heterocycles. The molecule has 0 saturated carbocycles. The highest BCUT2D eigenvalue weighted by atomic mass is 16.1. The average Bonchev–Trinajstić information content (AvgIpc) is 2.59. The van der Waals surface area contributed by atoms with Crippen molar-refractivity contribution in [2.24, 2.45) is 0 Å². The fourth-order valence-electron chi connectivity index (χ4n) is 3.11. The van der Waals surface area contributed by atoms with Gasteiger partial charge in [0, 0.05) is 11.5 Å². The summed E-state index contributed by atoms with van der Waals surface area (Å²) < 4.78 is 0. The van der Waals surface area contributed by atoms with E-state index in [2.05, 4.69) is 56.2 Å². The van der Waals surface area contributed by atoms with Gasteiger partial charge in [0.1, 0.15) is 7.85 Å². The lowest BCUT2D eigenvalue weighted by Crippen LogP contribution is -2.07. The second kappa shape index (κ2) is 6.87. The summed E-state index contributed by atoms with van der Waals surface area (Å²) in [5.41, 5.74) is 4.84. The molecule has 1 N–H and O–H groups in total. The third-order valence-electron chi connectivity index (χ3n) is 4.68. The van der Waals surface area contributed by atoms with Gasteiger partial charge in [0.2, 0.25) is 5.56 Å². The predicted octanol–water partition coefficient (Wildman–Crippen LogP) is 3.47. The Bertz CT molecular complexity index is 854. The quantitative estimate of drug-likeness (QED) is 0.719. The molecule has 0 spiro atoms. The molecule has 0 bridgehead atoms. The molecule has 0 radical (unpaired) electrons. The maximum atomic E-state index is 11.8. The van der Waals surface area contributed by atoms with Crippen molar-refractivity contribution < 1.29 is 0 Å². The van der Waals surface area contributed by atoms with Crippen LogP contribution in [0.5, 0.6) is 0 Å². The van der Waals surface area contributed by atoms with Crippen molar-refractivity contribution in [2.45, 2.75) is 32.0 Å². The van der Waals surface area contributed by atoms with Gasteiger partial charge in [-0.1, -0.05) is 55.7 Å². The van der Waals surface area contributed by atoms with Gasteiger partial charge in [0.15, 0.2) is 0 Å². The number of hydrogen-bond acceptors (Lipinski definition) is 1. The standard InChI is InChI=1S/C20H22BNO/c1-14(13-21)17-10-9-16(8-7-15-5-3-2-4-6-15)20-18(17)11-12-19(23)22-20/h2-6,9-12,14H,7-8,13,21H2,1H3,(H,22,23)/t14-/m0/s1. The SMILES string of the molecule is BC[C@H](C)c1ccc(CCc2ccccc2)c2[nH]c(=O)ccc12. The van der Waals surface area contributed by atoms with Crippen molar-refractivity contribution in [2.75, 3.05) is 0 Å². The van der Waals surface area contributed by atoms with Gasteiger partial charge in [0.05, 0.1) is 5.52 Å². The zero-order chi connectivity index (χ0) is 16.2. The van der Waals surface area contributed by atoms with Crippen LogP contribution in [0, 0.1) is 0 Å². The van der Waals surface area contributed by atoms with Crippen molar-refractivity contribution in [1.29, 1.82) is 0 Å². The first-order valence-corrected chi connectivity index (χ1v) is 8.37. The number of benzene rings is 2. The molecule has 0 amide bonds. The molecule has 2 aromatic carbocycles. The maximum absolute atomic E-state index is 11.8. The third kappa shape index (κ3) is 3.39. The molecular weight excluding hydrogens is 281 g/mol. The van der Waals surface area contributed by atoms with Crippen LogP contribution in [-0.2, 0) is 12.8 Å². The van der Waals surface area contributed by atoms with Gasteiger partial charge in [-0.3, -0.25) is 4.79 Å². The molecule has 0 saturated heterocycles. The van der Waals surface area contributed by atoms with Crippen LogP contribution in [0.25, 0.3) is 10.9 Å². The molecule has 1 atom stereocenters. The molecule has 0 fully saturated rings. The minimum absolute atomic E-state index is 0.0280. The van der Waals surface area contributed by atoms with Crippen LogP contribution in [0.3, 0.4) is 0 Å².